The molecule has 0 aliphatic heterocycles. The Balaban J connectivity index is 2.39. The average molecular weight is 289 g/mol. The monoisotopic (exact) mass is 289 g/mol. The SMILES string of the molecule is CCCCS(=O)(=O)NCCc1ccc(C(C)=O)s1. The van der Waals surface area contributed by atoms with E-state index in [2.05, 4.69) is 4.72 Å². The number of thiophene rings is 1. The molecule has 0 radical (unpaired) electrons. The molecule has 0 aliphatic rings. The van der Waals surface area contributed by atoms with Gasteiger partial charge in [0.15, 0.2) is 5.78 Å². The molecule has 1 N–H and O–H groups in total. The van der Waals surface area contributed by atoms with Gasteiger partial charge in [-0.05, 0) is 31.9 Å². The molecule has 0 spiro atoms. The van der Waals surface area contributed by atoms with Crippen LogP contribution in [-0.2, 0) is 16.4 Å². The molecule has 0 atom stereocenters. The highest BCUT2D eigenvalue weighted by molar-refractivity contribution is 7.89. The Labute approximate surface area is 112 Å². The molecule has 0 fully saturated rings. The van der Waals surface area contributed by atoms with Crippen LogP contribution in [0.25, 0.3) is 0 Å². The number of sulfonamides is 1. The van der Waals surface area contributed by atoms with Crippen LogP contribution in [0.1, 0.15) is 41.2 Å². The smallest absolute Gasteiger partial charge is 0.211 e. The lowest BCUT2D eigenvalue weighted by atomic mass is 10.3. The highest BCUT2D eigenvalue weighted by Gasteiger charge is 2.09. The van der Waals surface area contributed by atoms with E-state index in [1.54, 1.807) is 6.07 Å². The first kappa shape index (κ1) is 15.3. The van der Waals surface area contributed by atoms with Crippen LogP contribution in [-0.4, -0.2) is 26.5 Å². The molecule has 0 saturated heterocycles. The second kappa shape index (κ2) is 7.01. The molecule has 0 bridgehead atoms. The Morgan fingerprint density at radius 3 is 2.67 bits per heavy atom. The average Bonchev–Trinajstić information content (AvgIpc) is 2.75. The molecule has 1 heterocycles. The van der Waals surface area contributed by atoms with Crippen LogP contribution in [0, 0.1) is 0 Å². The van der Waals surface area contributed by atoms with Crippen LogP contribution < -0.4 is 4.72 Å². The maximum Gasteiger partial charge on any atom is 0.211 e. The molecule has 1 rings (SSSR count). The summed E-state index contributed by atoms with van der Waals surface area (Å²) in [6, 6.07) is 3.66. The highest BCUT2D eigenvalue weighted by atomic mass is 32.2. The van der Waals surface area contributed by atoms with Crippen LogP contribution >= 0.6 is 11.3 Å². The van der Waals surface area contributed by atoms with E-state index in [1.807, 2.05) is 13.0 Å². The minimum absolute atomic E-state index is 0.0507. The molecule has 1 aromatic heterocycles. The molecule has 18 heavy (non-hydrogen) atoms. The van der Waals surface area contributed by atoms with Crippen molar-refractivity contribution in [3.63, 3.8) is 0 Å². The third kappa shape index (κ3) is 5.29. The maximum absolute atomic E-state index is 11.5. The lowest BCUT2D eigenvalue weighted by molar-refractivity contribution is 0.102. The van der Waals surface area contributed by atoms with Crippen LogP contribution in [0.15, 0.2) is 12.1 Å². The van der Waals surface area contributed by atoms with Gasteiger partial charge in [0.25, 0.3) is 0 Å². The number of carbonyl (C=O) groups is 1. The third-order valence-electron chi connectivity index (χ3n) is 2.47. The van der Waals surface area contributed by atoms with E-state index < -0.39 is 10.0 Å². The number of carbonyl (C=O) groups excluding carboxylic acids is 1. The second-order valence-electron chi connectivity index (χ2n) is 4.14. The fourth-order valence-corrected chi connectivity index (χ4v) is 3.57. The fraction of sp³-hybridized carbons (Fsp3) is 0.583. The van der Waals surface area contributed by atoms with Crippen molar-refractivity contribution in [3.8, 4) is 0 Å². The molecule has 1 aromatic rings. The zero-order chi connectivity index (χ0) is 13.6. The van der Waals surface area contributed by atoms with Gasteiger partial charge in [0, 0.05) is 11.4 Å². The second-order valence-corrected chi connectivity index (χ2v) is 7.23. The first-order valence-corrected chi connectivity index (χ1v) is 8.48. The van der Waals surface area contributed by atoms with Gasteiger partial charge in [0.05, 0.1) is 10.6 Å². The summed E-state index contributed by atoms with van der Waals surface area (Å²) in [6.07, 6.45) is 2.18. The van der Waals surface area contributed by atoms with Gasteiger partial charge in [0.1, 0.15) is 0 Å². The first-order chi connectivity index (χ1) is 8.44. The van der Waals surface area contributed by atoms with Gasteiger partial charge < -0.3 is 0 Å². The topological polar surface area (TPSA) is 63.2 Å². The standard InChI is InChI=1S/C12H19NO3S2/c1-3-4-9-18(15,16)13-8-7-11-5-6-12(17-11)10(2)14/h5-6,13H,3-4,7-9H2,1-2H3. The maximum atomic E-state index is 11.5. The van der Waals surface area contributed by atoms with Crippen molar-refractivity contribution >= 4 is 27.1 Å². The van der Waals surface area contributed by atoms with Crippen LogP contribution in [0.2, 0.25) is 0 Å². The summed E-state index contributed by atoms with van der Waals surface area (Å²) >= 11 is 1.43. The van der Waals surface area contributed by atoms with E-state index in [9.17, 15) is 13.2 Å². The highest BCUT2D eigenvalue weighted by Crippen LogP contribution is 2.17. The summed E-state index contributed by atoms with van der Waals surface area (Å²) < 4.78 is 25.6. The van der Waals surface area contributed by atoms with Gasteiger partial charge in [-0.1, -0.05) is 13.3 Å². The number of ketones is 1. The summed E-state index contributed by atoms with van der Waals surface area (Å²) in [5.41, 5.74) is 0. The first-order valence-electron chi connectivity index (χ1n) is 6.01. The zero-order valence-corrected chi connectivity index (χ0v) is 12.4. The normalized spacial score (nSPS) is 11.7. The van der Waals surface area contributed by atoms with Gasteiger partial charge in [0.2, 0.25) is 10.0 Å². The minimum Gasteiger partial charge on any atom is -0.294 e. The Bertz CT molecular complexity index is 491. The van der Waals surface area contributed by atoms with Crippen molar-refractivity contribution in [2.75, 3.05) is 12.3 Å². The van der Waals surface area contributed by atoms with Crippen LogP contribution in [0.3, 0.4) is 0 Å². The molecule has 0 saturated carbocycles. The van der Waals surface area contributed by atoms with Crippen LogP contribution in [0.4, 0.5) is 0 Å². The predicted molar refractivity (Wildman–Crippen MR) is 74.7 cm³/mol. The van der Waals surface area contributed by atoms with Crippen molar-refractivity contribution in [1.82, 2.24) is 4.72 Å². The predicted octanol–water partition coefficient (Wildman–Crippen LogP) is 2.21. The number of hydrogen-bond acceptors (Lipinski definition) is 4. The molecule has 0 aromatic carbocycles. The third-order valence-corrected chi connectivity index (χ3v) is 5.18. The number of unbranched alkanes of at least 4 members (excludes halogenated alkanes) is 1. The van der Waals surface area contributed by atoms with Crippen molar-refractivity contribution < 1.29 is 13.2 Å². The lowest BCUT2D eigenvalue weighted by Crippen LogP contribution is -2.28. The van der Waals surface area contributed by atoms with E-state index in [0.717, 1.165) is 16.2 Å². The van der Waals surface area contributed by atoms with E-state index in [1.165, 1.54) is 18.3 Å². The largest absolute Gasteiger partial charge is 0.294 e. The Hall–Kier alpha value is -0.720. The number of hydrogen-bond donors (Lipinski definition) is 1. The quantitative estimate of drug-likeness (QED) is 0.746. The van der Waals surface area contributed by atoms with E-state index in [-0.39, 0.29) is 11.5 Å². The summed E-state index contributed by atoms with van der Waals surface area (Å²) in [5.74, 6) is 0.238. The number of nitrogens with one attached hydrogen (secondary N) is 1. The van der Waals surface area contributed by atoms with Crippen LogP contribution in [0.5, 0.6) is 0 Å². The van der Waals surface area contributed by atoms with Gasteiger partial charge in [-0.2, -0.15) is 0 Å². The Morgan fingerprint density at radius 2 is 2.11 bits per heavy atom. The van der Waals surface area contributed by atoms with E-state index in [4.69, 9.17) is 0 Å². The van der Waals surface area contributed by atoms with Gasteiger partial charge >= 0.3 is 0 Å². The van der Waals surface area contributed by atoms with Gasteiger partial charge in [-0.25, -0.2) is 13.1 Å². The van der Waals surface area contributed by atoms with Gasteiger partial charge in [-0.15, -0.1) is 11.3 Å². The summed E-state index contributed by atoms with van der Waals surface area (Å²) in [5, 5.41) is 0. The van der Waals surface area contributed by atoms with Crippen molar-refractivity contribution in [2.45, 2.75) is 33.1 Å². The van der Waals surface area contributed by atoms with E-state index in [0.29, 0.717) is 19.4 Å². The summed E-state index contributed by atoms with van der Waals surface area (Å²) in [4.78, 5) is 12.9. The molecule has 0 amide bonds. The van der Waals surface area contributed by atoms with Crippen molar-refractivity contribution in [3.05, 3.63) is 21.9 Å². The van der Waals surface area contributed by atoms with Crippen molar-refractivity contribution in [2.24, 2.45) is 0 Å². The molecule has 102 valence electrons. The van der Waals surface area contributed by atoms with Crippen molar-refractivity contribution in [1.29, 1.82) is 0 Å². The molecular formula is C12H19NO3S2. The van der Waals surface area contributed by atoms with E-state index >= 15 is 0 Å². The molecule has 6 heteroatoms. The zero-order valence-electron chi connectivity index (χ0n) is 10.7. The van der Waals surface area contributed by atoms with Gasteiger partial charge in [-0.3, -0.25) is 4.79 Å². The lowest BCUT2D eigenvalue weighted by Gasteiger charge is -2.04. The number of rotatable bonds is 8. The fourth-order valence-electron chi connectivity index (χ4n) is 1.44. The number of Topliss-reactive ketones (excluding diaryl/α,β-unsaturated/α-hetero) is 1. The Morgan fingerprint density at radius 1 is 1.39 bits per heavy atom. The molecule has 4 nitrogen and oxygen atoms in total. The molecule has 0 aliphatic carbocycles. The molecule has 0 unspecified atom stereocenters. The minimum atomic E-state index is -3.14. The summed E-state index contributed by atoms with van der Waals surface area (Å²) in [6.45, 7) is 3.89. The Kier molecular flexibility index (Phi) is 5.98. The molecular weight excluding hydrogens is 270 g/mol. The summed E-state index contributed by atoms with van der Waals surface area (Å²) in [7, 11) is -3.14.